The van der Waals surface area contributed by atoms with Crippen molar-refractivity contribution in [1.82, 2.24) is 5.32 Å². The average Bonchev–Trinajstić information content (AvgIpc) is 2.88. The highest BCUT2D eigenvalue weighted by atomic mass is 16.5. The summed E-state index contributed by atoms with van der Waals surface area (Å²) in [5, 5.41) is 23.2. The molecule has 1 aliphatic carbocycles. The van der Waals surface area contributed by atoms with Gasteiger partial charge in [-0.1, -0.05) is 36.4 Å². The molecule has 5 heteroatoms. The first-order valence-electron chi connectivity index (χ1n) is 12.9. The fraction of sp³-hybridized carbons (Fsp3) is 0.419. The first-order chi connectivity index (χ1) is 17.3. The minimum Gasteiger partial charge on any atom is -0.508 e. The fourth-order valence-electron chi connectivity index (χ4n) is 5.26. The third-order valence-electron chi connectivity index (χ3n) is 7.53. The maximum Gasteiger partial charge on any atom is 0.120 e. The van der Waals surface area contributed by atoms with E-state index in [9.17, 15) is 10.2 Å². The second-order valence-electron chi connectivity index (χ2n) is 10.6. The Morgan fingerprint density at radius 2 is 1.75 bits per heavy atom. The highest BCUT2D eigenvalue weighted by molar-refractivity contribution is 5.60. The van der Waals surface area contributed by atoms with Gasteiger partial charge in [-0.15, -0.1) is 0 Å². The van der Waals surface area contributed by atoms with Crippen LogP contribution in [0.4, 0.5) is 5.69 Å². The molecule has 0 aromatic heterocycles. The van der Waals surface area contributed by atoms with Crippen molar-refractivity contribution in [2.45, 2.75) is 57.5 Å². The molecular formula is C31H40N2O3. The van der Waals surface area contributed by atoms with Gasteiger partial charge in [0.05, 0.1) is 13.7 Å². The van der Waals surface area contributed by atoms with Crippen LogP contribution in [-0.2, 0) is 25.8 Å². The Hall–Kier alpha value is -3.02. The Balaban J connectivity index is 1.61. The third-order valence-corrected chi connectivity index (χ3v) is 7.53. The Morgan fingerprint density at radius 3 is 2.44 bits per heavy atom. The number of phenols is 1. The lowest BCUT2D eigenvalue weighted by atomic mass is 9.79. The van der Waals surface area contributed by atoms with Gasteiger partial charge < -0.3 is 25.2 Å². The second-order valence-corrected chi connectivity index (χ2v) is 10.6. The SMILES string of the molecule is CNC(C)(C)Cc1ccc(CN(CCO)c2cc(OC)ccc2C2CCc3cc(O)ccc3C2)cc1. The van der Waals surface area contributed by atoms with E-state index in [0.29, 0.717) is 24.8 Å². The first kappa shape index (κ1) is 26.1. The predicted octanol–water partition coefficient (Wildman–Crippen LogP) is 5.21. The normalized spacial score (nSPS) is 15.4. The van der Waals surface area contributed by atoms with Crippen LogP contribution in [0.1, 0.15) is 54.0 Å². The summed E-state index contributed by atoms with van der Waals surface area (Å²) in [6.07, 6.45) is 3.88. The number of nitrogens with zero attached hydrogens (tertiary/aromatic N) is 1. The smallest absolute Gasteiger partial charge is 0.120 e. The first-order valence-corrected chi connectivity index (χ1v) is 12.9. The second kappa shape index (κ2) is 11.4. The number of benzene rings is 3. The predicted molar refractivity (Wildman–Crippen MR) is 147 cm³/mol. The van der Waals surface area contributed by atoms with Gasteiger partial charge in [-0.25, -0.2) is 0 Å². The van der Waals surface area contributed by atoms with Gasteiger partial charge in [0.2, 0.25) is 0 Å². The number of hydrogen-bond donors (Lipinski definition) is 3. The molecule has 0 spiro atoms. The van der Waals surface area contributed by atoms with Crippen LogP contribution in [0.5, 0.6) is 11.5 Å². The minimum absolute atomic E-state index is 0.0529. The largest absolute Gasteiger partial charge is 0.508 e. The molecule has 1 atom stereocenters. The number of aromatic hydroxyl groups is 1. The molecule has 5 nitrogen and oxygen atoms in total. The molecule has 0 bridgehead atoms. The van der Waals surface area contributed by atoms with Crippen LogP contribution in [0.2, 0.25) is 0 Å². The number of methoxy groups -OCH3 is 1. The molecule has 3 N–H and O–H groups in total. The Bertz CT molecular complexity index is 1160. The van der Waals surface area contributed by atoms with Crippen molar-refractivity contribution in [3.05, 3.63) is 88.5 Å². The van der Waals surface area contributed by atoms with Crippen LogP contribution in [-0.4, -0.2) is 43.1 Å². The lowest BCUT2D eigenvalue weighted by molar-refractivity contribution is 0.301. The Labute approximate surface area is 215 Å². The van der Waals surface area contributed by atoms with Crippen molar-refractivity contribution >= 4 is 5.69 Å². The molecule has 0 fully saturated rings. The fourth-order valence-corrected chi connectivity index (χ4v) is 5.26. The third kappa shape index (κ3) is 6.21. The summed E-state index contributed by atoms with van der Waals surface area (Å²) in [5.41, 5.74) is 7.53. The monoisotopic (exact) mass is 488 g/mol. The highest BCUT2D eigenvalue weighted by Crippen LogP contribution is 2.40. The van der Waals surface area contributed by atoms with Gasteiger partial charge in [0.15, 0.2) is 0 Å². The summed E-state index contributed by atoms with van der Waals surface area (Å²) in [5.74, 6) is 1.53. The lowest BCUT2D eigenvalue weighted by Gasteiger charge is -2.32. The van der Waals surface area contributed by atoms with Crippen LogP contribution in [0, 0.1) is 0 Å². The number of hydrogen-bond acceptors (Lipinski definition) is 5. The van der Waals surface area contributed by atoms with Crippen molar-refractivity contribution in [3.63, 3.8) is 0 Å². The quantitative estimate of drug-likeness (QED) is 0.366. The van der Waals surface area contributed by atoms with Crippen LogP contribution in [0.15, 0.2) is 60.7 Å². The number of likely N-dealkylation sites (N-methyl/N-ethyl adjacent to an activating group) is 1. The summed E-state index contributed by atoms with van der Waals surface area (Å²) in [7, 11) is 3.70. The molecular weight excluding hydrogens is 448 g/mol. The number of aliphatic hydroxyl groups excluding tert-OH is 1. The molecule has 4 rings (SSSR count). The number of rotatable bonds is 10. The number of aliphatic hydroxyl groups is 1. The number of nitrogens with one attached hydrogen (secondary N) is 1. The molecule has 1 aliphatic rings. The summed E-state index contributed by atoms with van der Waals surface area (Å²) >= 11 is 0. The van der Waals surface area contributed by atoms with Crippen LogP contribution < -0.4 is 15.0 Å². The molecule has 0 aliphatic heterocycles. The van der Waals surface area contributed by atoms with E-state index in [0.717, 1.165) is 37.1 Å². The standard InChI is InChI=1S/C31H40N2O3/c1-31(2,32-3)20-22-5-7-23(8-6-22)21-33(15-16-34)30-19-28(36-4)13-14-29(30)26-10-9-25-18-27(35)12-11-24(25)17-26/h5-8,11-14,18-19,26,32,34-35H,9-10,15-17,20-21H2,1-4H3. The Morgan fingerprint density at radius 1 is 1.00 bits per heavy atom. The summed E-state index contributed by atoms with van der Waals surface area (Å²) in [6, 6.07) is 20.9. The number of anilines is 1. The molecule has 0 amide bonds. The van der Waals surface area contributed by atoms with E-state index in [1.807, 2.05) is 19.2 Å². The van der Waals surface area contributed by atoms with Crippen molar-refractivity contribution in [2.75, 3.05) is 32.2 Å². The number of aryl methyl sites for hydroxylation is 1. The molecule has 0 saturated heterocycles. The topological polar surface area (TPSA) is 65.0 Å². The van der Waals surface area contributed by atoms with E-state index in [1.54, 1.807) is 13.2 Å². The maximum atomic E-state index is 9.96. The van der Waals surface area contributed by atoms with Gasteiger partial charge in [0, 0.05) is 30.4 Å². The van der Waals surface area contributed by atoms with Gasteiger partial charge in [0.25, 0.3) is 0 Å². The molecule has 1 unspecified atom stereocenters. The van der Waals surface area contributed by atoms with Crippen molar-refractivity contribution in [1.29, 1.82) is 0 Å². The zero-order valence-electron chi connectivity index (χ0n) is 22.1. The van der Waals surface area contributed by atoms with Crippen LogP contribution >= 0.6 is 0 Å². The summed E-state index contributed by atoms with van der Waals surface area (Å²) in [6.45, 7) is 5.76. The van der Waals surface area contributed by atoms with E-state index in [1.165, 1.54) is 27.8 Å². The number of ether oxygens (including phenoxy) is 1. The minimum atomic E-state index is 0.0529. The van der Waals surface area contributed by atoms with Gasteiger partial charge in [-0.3, -0.25) is 0 Å². The molecule has 0 saturated carbocycles. The molecule has 0 heterocycles. The molecule has 3 aromatic rings. The average molecular weight is 489 g/mol. The van der Waals surface area contributed by atoms with E-state index in [-0.39, 0.29) is 12.1 Å². The van der Waals surface area contributed by atoms with Gasteiger partial charge in [-0.2, -0.15) is 0 Å². The zero-order valence-corrected chi connectivity index (χ0v) is 22.1. The van der Waals surface area contributed by atoms with E-state index >= 15 is 0 Å². The molecule has 3 aromatic carbocycles. The number of fused-ring (bicyclic) bond motifs is 1. The van der Waals surface area contributed by atoms with Gasteiger partial charge >= 0.3 is 0 Å². The van der Waals surface area contributed by atoms with E-state index in [4.69, 9.17) is 4.74 Å². The summed E-state index contributed by atoms with van der Waals surface area (Å²) < 4.78 is 5.59. The van der Waals surface area contributed by atoms with Crippen LogP contribution in [0.3, 0.4) is 0 Å². The van der Waals surface area contributed by atoms with Crippen LogP contribution in [0.25, 0.3) is 0 Å². The van der Waals surface area contributed by atoms with Crippen molar-refractivity contribution < 1.29 is 14.9 Å². The van der Waals surface area contributed by atoms with Crippen molar-refractivity contribution in [2.24, 2.45) is 0 Å². The van der Waals surface area contributed by atoms with Gasteiger partial charge in [0.1, 0.15) is 11.5 Å². The molecule has 0 radical (unpaired) electrons. The molecule has 36 heavy (non-hydrogen) atoms. The van der Waals surface area contributed by atoms with Crippen molar-refractivity contribution in [3.8, 4) is 11.5 Å². The van der Waals surface area contributed by atoms with E-state index in [2.05, 4.69) is 66.5 Å². The summed E-state index contributed by atoms with van der Waals surface area (Å²) in [4.78, 5) is 2.27. The zero-order chi connectivity index (χ0) is 25.7. The highest BCUT2D eigenvalue weighted by Gasteiger charge is 2.25. The Kier molecular flexibility index (Phi) is 8.22. The lowest BCUT2D eigenvalue weighted by Crippen LogP contribution is -2.38. The number of phenolic OH excluding ortho intramolecular Hbond substituents is 1. The maximum absolute atomic E-state index is 9.96. The van der Waals surface area contributed by atoms with E-state index < -0.39 is 0 Å². The van der Waals surface area contributed by atoms with Gasteiger partial charge in [-0.05, 0) is 98.5 Å². The molecule has 192 valence electrons.